The van der Waals surface area contributed by atoms with Crippen molar-refractivity contribution < 1.29 is 35.8 Å². The Bertz CT molecular complexity index is 931. The highest BCUT2D eigenvalue weighted by molar-refractivity contribution is 7.94. The van der Waals surface area contributed by atoms with Crippen molar-refractivity contribution in [1.82, 2.24) is 4.57 Å². The smallest absolute Gasteiger partial charge is 0.340 e. The maximum Gasteiger partial charge on any atom is 0.340 e. The van der Waals surface area contributed by atoms with Gasteiger partial charge in [0.2, 0.25) is 12.5 Å². The fraction of sp³-hybridized carbons (Fsp3) is 0.353. The number of hydrogen-bond donors (Lipinski definition) is 1. The predicted molar refractivity (Wildman–Crippen MR) is 107 cm³/mol. The molecule has 1 N–H and O–H groups in total. The van der Waals surface area contributed by atoms with E-state index in [0.29, 0.717) is 19.4 Å². The van der Waals surface area contributed by atoms with Gasteiger partial charge in [0.1, 0.15) is 12.4 Å². The van der Waals surface area contributed by atoms with Gasteiger partial charge in [-0.25, -0.2) is 22.5 Å². The van der Waals surface area contributed by atoms with Gasteiger partial charge in [-0.05, 0) is 13.0 Å². The third kappa shape index (κ3) is 10.9. The normalized spacial score (nSPS) is 17.9. The first-order valence-electron chi connectivity index (χ1n) is 8.50. The Hall–Kier alpha value is -2.05. The van der Waals surface area contributed by atoms with Crippen LogP contribution in [0.5, 0.6) is 0 Å². The summed E-state index contributed by atoms with van der Waals surface area (Å²) >= 11 is 0. The Morgan fingerprint density at radius 1 is 1.14 bits per heavy atom. The van der Waals surface area contributed by atoms with Gasteiger partial charge in [0.15, 0.2) is 12.4 Å². The van der Waals surface area contributed by atoms with Crippen LogP contribution in [0.15, 0.2) is 50.5 Å². The van der Waals surface area contributed by atoms with Crippen LogP contribution in [-0.4, -0.2) is 61.1 Å². The fourth-order valence-corrected chi connectivity index (χ4v) is 3.36. The third-order valence-corrected chi connectivity index (χ3v) is 5.34. The van der Waals surface area contributed by atoms with Crippen molar-refractivity contribution in [2.75, 3.05) is 18.1 Å². The van der Waals surface area contributed by atoms with Crippen molar-refractivity contribution in [3.05, 3.63) is 50.5 Å². The molecule has 1 aliphatic heterocycles. The first kappa shape index (κ1) is 24.0. The molecule has 2 rings (SSSR count). The van der Waals surface area contributed by atoms with Crippen molar-refractivity contribution in [2.45, 2.75) is 19.4 Å². The number of imidazole rings is 1. The number of aryl methyl sites for hydroxylation is 1. The number of nitrogens with one attached hydrogen (secondary N) is 1. The summed E-state index contributed by atoms with van der Waals surface area (Å²) in [6.45, 7) is 8.46. The molecule has 9 nitrogen and oxygen atoms in total. The first-order chi connectivity index (χ1) is 13.0. The second kappa shape index (κ2) is 11.1. The van der Waals surface area contributed by atoms with E-state index in [1.165, 1.54) is 0 Å². The molecule has 0 saturated heterocycles. The van der Waals surface area contributed by atoms with E-state index in [4.69, 9.17) is 0 Å². The average Bonchev–Trinajstić information content (AvgIpc) is 3.22. The molecule has 2 heterocycles. The molecule has 28 heavy (non-hydrogen) atoms. The topological polar surface area (TPSA) is 114 Å². The maximum absolute atomic E-state index is 10.8. The number of aromatic nitrogens is 2. The maximum atomic E-state index is 10.8. The third-order valence-electron chi connectivity index (χ3n) is 3.64. The van der Waals surface area contributed by atoms with Crippen molar-refractivity contribution in [3.63, 3.8) is 0 Å². The second-order valence-corrected chi connectivity index (χ2v) is 9.52. The molecule has 0 radical (unpaired) electrons. The Balaban J connectivity index is 0.000000280. The number of nitrogens with zero attached hydrogens (tertiary/aromatic N) is 3. The zero-order valence-electron chi connectivity index (χ0n) is 15.7. The van der Waals surface area contributed by atoms with Gasteiger partial charge in [0.25, 0.3) is 0 Å². The standard InChI is InChI=1S/C9H14N2O2S.C8H12N2O3S/c1-3-10-6-7-11(9-10)5-4-8-14(2,12)13;1-2-9-5-6-10(8-9)4-3-7-14(11,12)13/h3,6-7,9H,1-2,4-5,8H2;2,5-6,8H,1,3-4,7H2/p+1. The van der Waals surface area contributed by atoms with Crippen molar-refractivity contribution in [3.8, 4) is 0 Å². The van der Waals surface area contributed by atoms with Crippen molar-refractivity contribution in [2.24, 2.45) is 0 Å². The van der Waals surface area contributed by atoms with E-state index in [1.54, 1.807) is 40.3 Å². The van der Waals surface area contributed by atoms with Crippen molar-refractivity contribution >= 4 is 38.3 Å². The van der Waals surface area contributed by atoms with Gasteiger partial charge in [0.05, 0.1) is 29.4 Å². The Kier molecular flexibility index (Phi) is 9.49. The zero-order valence-corrected chi connectivity index (χ0v) is 17.3. The molecular formula is C17H27N4O5S2+. The van der Waals surface area contributed by atoms with E-state index >= 15 is 0 Å². The molecule has 1 aromatic rings. The van der Waals surface area contributed by atoms with Crippen LogP contribution in [-0.2, 0) is 26.5 Å². The summed E-state index contributed by atoms with van der Waals surface area (Å²) in [7, 11) is -7.15. The Morgan fingerprint density at radius 3 is 2.36 bits per heavy atom. The second-order valence-electron chi connectivity index (χ2n) is 6.10. The lowest BCUT2D eigenvalue weighted by atomic mass is 10.4. The highest BCUT2D eigenvalue weighted by Crippen LogP contribution is 1.90. The molecule has 156 valence electrons. The molecule has 1 aromatic heterocycles. The minimum Gasteiger partial charge on any atom is -0.778 e. The molecule has 2 atom stereocenters. The van der Waals surface area contributed by atoms with Gasteiger partial charge < -0.3 is 9.11 Å². The summed E-state index contributed by atoms with van der Waals surface area (Å²) in [5.74, 6) is 2.90. The molecule has 11 heteroatoms. The lowest BCUT2D eigenvalue weighted by molar-refractivity contribution is -0.747. The summed E-state index contributed by atoms with van der Waals surface area (Å²) in [5, 5.41) is 0. The lowest BCUT2D eigenvalue weighted by Gasteiger charge is -2.11. The lowest BCUT2D eigenvalue weighted by Crippen LogP contribution is -3.06. The van der Waals surface area contributed by atoms with Crippen LogP contribution in [0.25, 0.3) is 6.20 Å². The van der Waals surface area contributed by atoms with Gasteiger partial charge in [-0.2, -0.15) is 0 Å². The van der Waals surface area contributed by atoms with Crippen LogP contribution in [0.4, 0.5) is 0 Å². The molecule has 0 bridgehead atoms. The Morgan fingerprint density at radius 2 is 1.86 bits per heavy atom. The van der Waals surface area contributed by atoms with Gasteiger partial charge in [-0.3, -0.25) is 4.21 Å². The summed E-state index contributed by atoms with van der Waals surface area (Å²) in [5.41, 5.74) is 0. The summed E-state index contributed by atoms with van der Waals surface area (Å²) in [4.78, 5) is 1.12. The van der Waals surface area contributed by atoms with Gasteiger partial charge in [0, 0.05) is 17.9 Å². The Labute approximate surface area is 166 Å². The molecule has 0 saturated carbocycles. The van der Waals surface area contributed by atoms with Crippen LogP contribution in [0.2, 0.25) is 0 Å². The van der Waals surface area contributed by atoms with E-state index in [1.807, 2.05) is 23.3 Å². The molecule has 2 unspecified atom stereocenters. The quantitative estimate of drug-likeness (QED) is 0.278. The van der Waals surface area contributed by atoms with Crippen LogP contribution >= 0.6 is 0 Å². The van der Waals surface area contributed by atoms with Crippen LogP contribution in [0.1, 0.15) is 12.8 Å². The van der Waals surface area contributed by atoms with Gasteiger partial charge in [-0.15, -0.1) is 4.58 Å². The monoisotopic (exact) mass is 431 g/mol. The highest BCUT2D eigenvalue weighted by Gasteiger charge is 2.14. The highest BCUT2D eigenvalue weighted by atomic mass is 32.2. The van der Waals surface area contributed by atoms with Crippen molar-refractivity contribution in [1.29, 1.82) is 0 Å². The molecular weight excluding hydrogens is 404 g/mol. The molecule has 0 amide bonds. The number of hydrogen-bond acceptors (Lipinski definition) is 5. The van der Waals surface area contributed by atoms with E-state index < -0.39 is 19.9 Å². The molecule has 0 aliphatic carbocycles. The van der Waals surface area contributed by atoms with E-state index in [-0.39, 0.29) is 11.5 Å². The van der Waals surface area contributed by atoms with E-state index in [2.05, 4.69) is 19.0 Å². The summed E-state index contributed by atoms with van der Waals surface area (Å²) in [6.07, 6.45) is 15.4. The molecule has 0 spiro atoms. The van der Waals surface area contributed by atoms with E-state index in [0.717, 1.165) is 11.4 Å². The predicted octanol–water partition coefficient (Wildman–Crippen LogP) is -1.41. The molecule has 0 fully saturated rings. The summed E-state index contributed by atoms with van der Waals surface area (Å²) < 4.78 is 57.8. The average molecular weight is 432 g/mol. The minimum atomic E-state index is -4.08. The summed E-state index contributed by atoms with van der Waals surface area (Å²) in [6, 6.07) is 0. The van der Waals surface area contributed by atoms with Crippen LogP contribution < -0.4 is 9.47 Å². The van der Waals surface area contributed by atoms with Crippen LogP contribution in [0.3, 0.4) is 0 Å². The first-order valence-corrected chi connectivity index (χ1v) is 11.9. The van der Waals surface area contributed by atoms with Gasteiger partial charge >= 0.3 is 6.34 Å². The molecule has 1 aliphatic rings. The zero-order chi connectivity index (χ0) is 21.2. The van der Waals surface area contributed by atoms with E-state index in [9.17, 15) is 21.7 Å². The number of rotatable bonds is 10. The molecule has 0 aromatic carbocycles. The minimum absolute atomic E-state index is 0.145. The van der Waals surface area contributed by atoms with Gasteiger partial charge in [-0.1, -0.05) is 22.3 Å². The SMILES string of the molecule is C=C[N+]1=C[NH+](CCCS(=C)(=O)[O-])C=C1.C=Cn1cc[n+](CCCS(=O)(=O)[O-])c1. The van der Waals surface area contributed by atoms with Crippen LogP contribution in [0, 0.1) is 0 Å². The number of quaternary nitrogens is 1. The fourth-order valence-electron chi connectivity index (χ4n) is 2.29. The largest absolute Gasteiger partial charge is 0.778 e.